The van der Waals surface area contributed by atoms with E-state index >= 15 is 0 Å². The molecule has 2 N–H and O–H groups in total. The molecule has 47 heavy (non-hydrogen) atoms. The number of carboxylic acid groups (broad SMARTS) is 1. The van der Waals surface area contributed by atoms with Gasteiger partial charge in [-0.2, -0.15) is 23.5 Å². The number of anilines is 1. The normalized spacial score (nSPS) is 18.9. The molecule has 13 heteroatoms. The molecule has 0 spiro atoms. The molecule has 0 amide bonds. The van der Waals surface area contributed by atoms with Crippen molar-refractivity contribution in [2.75, 3.05) is 18.0 Å². The van der Waals surface area contributed by atoms with Gasteiger partial charge < -0.3 is 10.0 Å². The summed E-state index contributed by atoms with van der Waals surface area (Å²) in [5.41, 5.74) is -0.726. The quantitative estimate of drug-likeness (QED) is 0.179. The second kappa shape index (κ2) is 16.8. The third kappa shape index (κ3) is 10.7. The first-order valence-electron chi connectivity index (χ1n) is 16.8. The van der Waals surface area contributed by atoms with Gasteiger partial charge in [-0.3, -0.25) is 5.32 Å². The smallest absolute Gasteiger partial charge is 0.417 e. The van der Waals surface area contributed by atoms with Gasteiger partial charge in [-0.05, 0) is 57.2 Å². The van der Waals surface area contributed by atoms with Gasteiger partial charge in [0.2, 0.25) is 0 Å². The van der Waals surface area contributed by atoms with Crippen LogP contribution < -0.4 is 10.2 Å². The minimum Gasteiger partial charge on any atom is -0.480 e. The fourth-order valence-corrected chi connectivity index (χ4v) is 7.83. The Kier molecular flexibility index (Phi) is 13.7. The molecule has 4 rings (SSSR count). The van der Waals surface area contributed by atoms with Crippen LogP contribution in [0.3, 0.4) is 0 Å². The van der Waals surface area contributed by atoms with Crippen LogP contribution in [0.5, 0.6) is 0 Å². The van der Waals surface area contributed by atoms with E-state index in [9.17, 15) is 31.5 Å². The Morgan fingerprint density at radius 1 is 1.13 bits per heavy atom. The minimum absolute atomic E-state index is 0.110. The molecular weight excluding hydrogens is 631 g/mol. The van der Waals surface area contributed by atoms with E-state index in [1.54, 1.807) is 17.7 Å². The van der Waals surface area contributed by atoms with Gasteiger partial charge in [-0.15, -0.1) is 0 Å². The van der Waals surface area contributed by atoms with E-state index in [1.807, 2.05) is 13.8 Å². The molecule has 262 valence electrons. The molecule has 1 aromatic heterocycles. The highest BCUT2D eigenvalue weighted by Crippen LogP contribution is 2.39. The number of sulfone groups is 1. The number of aryl methyl sites for hydroxylation is 1. The zero-order valence-corrected chi connectivity index (χ0v) is 28.8. The van der Waals surface area contributed by atoms with E-state index in [0.29, 0.717) is 18.1 Å². The van der Waals surface area contributed by atoms with E-state index in [4.69, 9.17) is 5.26 Å². The summed E-state index contributed by atoms with van der Waals surface area (Å²) in [6.07, 6.45) is 7.80. The number of rotatable bonds is 16. The van der Waals surface area contributed by atoms with Crippen LogP contribution in [0.1, 0.15) is 103 Å². The van der Waals surface area contributed by atoms with Crippen molar-refractivity contribution >= 4 is 21.6 Å². The Balaban J connectivity index is 0.000000316. The molecule has 0 unspecified atom stereocenters. The van der Waals surface area contributed by atoms with E-state index in [0.717, 1.165) is 37.6 Å². The maximum absolute atomic E-state index is 13.4. The number of nitrogens with zero attached hydrogens (tertiary/aromatic N) is 4. The van der Waals surface area contributed by atoms with Crippen molar-refractivity contribution in [3.63, 3.8) is 0 Å². The van der Waals surface area contributed by atoms with Gasteiger partial charge in [0.1, 0.15) is 17.4 Å². The van der Waals surface area contributed by atoms with Gasteiger partial charge in [0.25, 0.3) is 0 Å². The van der Waals surface area contributed by atoms with Crippen molar-refractivity contribution in [2.24, 2.45) is 5.92 Å². The number of nitriles is 1. The minimum atomic E-state index is -4.85. The number of hydrogen-bond acceptors (Lipinski definition) is 7. The standard InChI is InChI=1S/C20H24F3N3O4S.C14H26N2/c1-12(2)10-26-18(8-13(3)24-26)25-11-14(9-16(25)19(27)28)31(29,30)17-7-5-4-6-15(17)20(21,22)23;1-2-3-4-5-6-7-8-9-12-16-14(13-15)10-11-14/h4-8,12,14,16H,9-11H2,1-3H3,(H,27,28);16H,2-12H2,1H3/t14-,16-;/m1./s1. The maximum Gasteiger partial charge on any atom is 0.417 e. The molecular formula is C34H50F3N5O4S. The lowest BCUT2D eigenvalue weighted by Gasteiger charge is -2.24. The summed E-state index contributed by atoms with van der Waals surface area (Å²) < 4.78 is 68.2. The predicted molar refractivity (Wildman–Crippen MR) is 176 cm³/mol. The molecule has 2 aliphatic rings. The molecule has 1 aliphatic carbocycles. The van der Waals surface area contributed by atoms with Crippen LogP contribution in [0.15, 0.2) is 35.2 Å². The molecule has 0 radical (unpaired) electrons. The molecule has 1 saturated carbocycles. The summed E-state index contributed by atoms with van der Waals surface area (Å²) >= 11 is 0. The lowest BCUT2D eigenvalue weighted by molar-refractivity contribution is -0.140. The largest absolute Gasteiger partial charge is 0.480 e. The zero-order chi connectivity index (χ0) is 34.8. The number of aliphatic carboxylic acids is 1. The van der Waals surface area contributed by atoms with Crippen molar-refractivity contribution < 1.29 is 31.5 Å². The number of unbranched alkanes of at least 4 members (excludes halogenated alkanes) is 7. The number of carboxylic acids is 1. The molecule has 2 atom stereocenters. The number of benzene rings is 1. The van der Waals surface area contributed by atoms with E-state index in [-0.39, 0.29) is 24.4 Å². The summed E-state index contributed by atoms with van der Waals surface area (Å²) in [7, 11) is -4.44. The highest BCUT2D eigenvalue weighted by molar-refractivity contribution is 7.92. The van der Waals surface area contributed by atoms with Gasteiger partial charge in [-0.1, -0.05) is 77.8 Å². The zero-order valence-electron chi connectivity index (χ0n) is 28.0. The van der Waals surface area contributed by atoms with Gasteiger partial charge in [0.15, 0.2) is 9.84 Å². The molecule has 1 aromatic carbocycles. The van der Waals surface area contributed by atoms with Gasteiger partial charge in [0, 0.05) is 19.2 Å². The third-order valence-corrected chi connectivity index (χ3v) is 10.8. The Hall–Kier alpha value is -3.11. The van der Waals surface area contributed by atoms with Gasteiger partial charge in [0.05, 0.1) is 27.5 Å². The van der Waals surface area contributed by atoms with Crippen molar-refractivity contribution in [3.8, 4) is 6.07 Å². The number of hydrogen-bond donors (Lipinski definition) is 2. The second-order valence-corrected chi connectivity index (χ2v) is 15.4. The molecule has 9 nitrogen and oxygen atoms in total. The summed E-state index contributed by atoms with van der Waals surface area (Å²) in [4.78, 5) is 12.5. The first kappa shape index (κ1) is 38.3. The topological polar surface area (TPSA) is 128 Å². The molecule has 1 saturated heterocycles. The van der Waals surface area contributed by atoms with Crippen molar-refractivity contribution in [1.29, 1.82) is 5.26 Å². The monoisotopic (exact) mass is 681 g/mol. The van der Waals surface area contributed by atoms with Crippen LogP contribution in [0, 0.1) is 24.2 Å². The Bertz CT molecular complexity index is 1460. The Morgan fingerprint density at radius 3 is 2.30 bits per heavy atom. The summed E-state index contributed by atoms with van der Waals surface area (Å²) in [6.45, 7) is 9.19. The number of aromatic nitrogens is 2. The van der Waals surface area contributed by atoms with Crippen LogP contribution in [0.2, 0.25) is 0 Å². The summed E-state index contributed by atoms with van der Waals surface area (Å²) in [6, 6.07) is 6.82. The van der Waals surface area contributed by atoms with Gasteiger partial charge in [-0.25, -0.2) is 17.9 Å². The molecule has 2 aromatic rings. The highest BCUT2D eigenvalue weighted by Gasteiger charge is 2.47. The fourth-order valence-electron chi connectivity index (χ4n) is 5.92. The van der Waals surface area contributed by atoms with Crippen LogP contribution in [0.25, 0.3) is 0 Å². The van der Waals surface area contributed by atoms with Crippen LogP contribution in [-0.4, -0.2) is 59.2 Å². The highest BCUT2D eigenvalue weighted by atomic mass is 32.2. The maximum atomic E-state index is 13.4. The lowest BCUT2D eigenvalue weighted by Crippen LogP contribution is -2.37. The van der Waals surface area contributed by atoms with E-state index < -0.39 is 43.7 Å². The number of carbonyl (C=O) groups is 1. The molecule has 0 bridgehead atoms. The average molecular weight is 682 g/mol. The molecule has 2 fully saturated rings. The van der Waals surface area contributed by atoms with Crippen molar-refractivity contribution in [3.05, 3.63) is 41.6 Å². The van der Waals surface area contributed by atoms with E-state index in [1.165, 1.54) is 62.3 Å². The number of nitrogens with one attached hydrogen (secondary N) is 1. The van der Waals surface area contributed by atoms with Crippen molar-refractivity contribution in [1.82, 2.24) is 15.1 Å². The Morgan fingerprint density at radius 2 is 1.74 bits per heavy atom. The van der Waals surface area contributed by atoms with Crippen LogP contribution in [-0.2, 0) is 27.4 Å². The van der Waals surface area contributed by atoms with Crippen LogP contribution >= 0.6 is 0 Å². The fraction of sp³-hybridized carbons (Fsp3) is 0.676. The van der Waals surface area contributed by atoms with Crippen LogP contribution in [0.4, 0.5) is 19.0 Å². The molecule has 2 heterocycles. The Labute approximate surface area is 277 Å². The lowest BCUT2D eigenvalue weighted by atomic mass is 10.1. The predicted octanol–water partition coefficient (Wildman–Crippen LogP) is 7.15. The first-order chi connectivity index (χ1) is 22.1. The SMILES string of the molecule is CCCCCCCCCCNC1(C#N)CC1.Cc1cc(N2C[C@H](S(=O)(=O)c3ccccc3C(F)(F)F)C[C@@H]2C(=O)O)n(CC(C)C)n1. The van der Waals surface area contributed by atoms with Crippen molar-refractivity contribution in [2.45, 2.75) is 133 Å². The number of halogens is 3. The first-order valence-corrected chi connectivity index (χ1v) is 18.3. The van der Waals surface area contributed by atoms with E-state index in [2.05, 4.69) is 23.4 Å². The second-order valence-electron chi connectivity index (χ2n) is 13.2. The summed E-state index contributed by atoms with van der Waals surface area (Å²) in [5.74, 6) is -0.598. The summed E-state index contributed by atoms with van der Waals surface area (Å²) in [5, 5.41) is 25.0. The third-order valence-electron chi connectivity index (χ3n) is 8.66. The number of alkyl halides is 3. The van der Waals surface area contributed by atoms with Gasteiger partial charge >= 0.3 is 12.1 Å². The average Bonchev–Trinajstić information content (AvgIpc) is 3.48. The molecule has 1 aliphatic heterocycles.